The van der Waals surface area contributed by atoms with E-state index in [-0.39, 0.29) is 13.2 Å². The van der Waals surface area contributed by atoms with Crippen molar-refractivity contribution in [3.63, 3.8) is 0 Å². The Labute approximate surface area is 110 Å². The monoisotopic (exact) mass is 261 g/mol. The van der Waals surface area contributed by atoms with Gasteiger partial charge in [0, 0.05) is 6.54 Å². The first-order valence-electron chi connectivity index (χ1n) is 6.83. The number of aliphatic hydroxyl groups is 2. The summed E-state index contributed by atoms with van der Waals surface area (Å²) in [6, 6.07) is 0. The Morgan fingerprint density at radius 1 is 1.33 bits per heavy atom. The van der Waals surface area contributed by atoms with E-state index in [1.165, 1.54) is 0 Å². The molecule has 0 aliphatic heterocycles. The molecule has 0 aliphatic rings. The minimum atomic E-state index is -0.685. The van der Waals surface area contributed by atoms with Crippen LogP contribution in [0.2, 0.25) is 0 Å². The number of carbonyl (C=O) groups is 1. The summed E-state index contributed by atoms with van der Waals surface area (Å²) in [6.07, 6.45) is 2.84. The third-order valence-corrected chi connectivity index (χ3v) is 2.76. The molecule has 108 valence electrons. The highest BCUT2D eigenvalue weighted by Gasteiger charge is 2.27. The Kier molecular flexibility index (Phi) is 11.0. The lowest BCUT2D eigenvalue weighted by Gasteiger charge is -2.21. The van der Waals surface area contributed by atoms with Gasteiger partial charge >= 0.3 is 5.97 Å². The molecular formula is C13H27NO4. The highest BCUT2D eigenvalue weighted by atomic mass is 16.5. The molecular weight excluding hydrogens is 234 g/mol. The van der Waals surface area contributed by atoms with Crippen molar-refractivity contribution in [2.75, 3.05) is 26.3 Å². The predicted molar refractivity (Wildman–Crippen MR) is 70.2 cm³/mol. The van der Waals surface area contributed by atoms with E-state index in [0.717, 1.165) is 25.8 Å². The van der Waals surface area contributed by atoms with Crippen LogP contribution in [0.5, 0.6) is 0 Å². The van der Waals surface area contributed by atoms with E-state index in [1.807, 2.05) is 6.92 Å². The second kappa shape index (κ2) is 11.4. The second-order valence-corrected chi connectivity index (χ2v) is 4.41. The summed E-state index contributed by atoms with van der Waals surface area (Å²) in [6.45, 7) is 5.11. The van der Waals surface area contributed by atoms with Gasteiger partial charge in [-0.2, -0.15) is 0 Å². The number of rotatable bonds is 11. The van der Waals surface area contributed by atoms with Gasteiger partial charge in [-0.25, -0.2) is 0 Å². The quantitative estimate of drug-likeness (QED) is 0.377. The highest BCUT2D eigenvalue weighted by molar-refractivity contribution is 5.73. The number of unbranched alkanes of at least 4 members (excludes halogenated alkanes) is 1. The maximum Gasteiger partial charge on any atom is 0.312 e. The Balaban J connectivity index is 4.18. The van der Waals surface area contributed by atoms with Gasteiger partial charge in [0.15, 0.2) is 0 Å². The second-order valence-electron chi connectivity index (χ2n) is 4.41. The molecule has 0 fully saturated rings. The van der Waals surface area contributed by atoms with E-state index < -0.39 is 18.0 Å². The number of carbonyl (C=O) groups excluding carboxylic acids is 1. The molecule has 3 N–H and O–H groups in total. The van der Waals surface area contributed by atoms with Crippen LogP contribution in [0, 0.1) is 5.92 Å². The molecule has 0 amide bonds. The largest absolute Gasteiger partial charge is 0.463 e. The number of aliphatic hydroxyl groups excluding tert-OH is 2. The molecule has 0 rings (SSSR count). The third-order valence-electron chi connectivity index (χ3n) is 2.76. The Morgan fingerprint density at radius 3 is 2.61 bits per heavy atom. The van der Waals surface area contributed by atoms with E-state index in [0.29, 0.717) is 13.0 Å². The van der Waals surface area contributed by atoms with E-state index in [2.05, 4.69) is 12.2 Å². The van der Waals surface area contributed by atoms with Crippen LogP contribution < -0.4 is 5.32 Å². The minimum absolute atomic E-state index is 0.0108. The van der Waals surface area contributed by atoms with Crippen molar-refractivity contribution < 1.29 is 19.7 Å². The Hall–Kier alpha value is -0.650. The maximum absolute atomic E-state index is 11.7. The molecule has 0 aromatic carbocycles. The number of ether oxygens (including phenoxy) is 1. The van der Waals surface area contributed by atoms with Crippen LogP contribution in [0.3, 0.4) is 0 Å². The fourth-order valence-corrected chi connectivity index (χ4v) is 1.69. The Bertz CT molecular complexity index is 211. The van der Waals surface area contributed by atoms with Crippen molar-refractivity contribution in [3.05, 3.63) is 0 Å². The van der Waals surface area contributed by atoms with Gasteiger partial charge in [0.1, 0.15) is 6.61 Å². The van der Waals surface area contributed by atoms with Crippen molar-refractivity contribution in [2.24, 2.45) is 5.92 Å². The molecule has 0 heterocycles. The first kappa shape index (κ1) is 17.4. The fourth-order valence-electron chi connectivity index (χ4n) is 1.69. The summed E-state index contributed by atoms with van der Waals surface area (Å²) >= 11 is 0. The molecule has 0 spiro atoms. The third kappa shape index (κ3) is 7.63. The van der Waals surface area contributed by atoms with Gasteiger partial charge in [-0.3, -0.25) is 4.79 Å². The SMILES string of the molecule is CCCCNCC(C(=O)OCCO)C(O)CCC. The van der Waals surface area contributed by atoms with E-state index in [1.54, 1.807) is 0 Å². The summed E-state index contributed by atoms with van der Waals surface area (Å²) in [5.41, 5.74) is 0. The molecule has 0 bridgehead atoms. The summed E-state index contributed by atoms with van der Waals surface area (Å²) in [4.78, 5) is 11.7. The van der Waals surface area contributed by atoms with E-state index in [9.17, 15) is 9.90 Å². The van der Waals surface area contributed by atoms with E-state index >= 15 is 0 Å². The summed E-state index contributed by atoms with van der Waals surface area (Å²) in [5.74, 6) is -0.984. The average molecular weight is 261 g/mol. The highest BCUT2D eigenvalue weighted by Crippen LogP contribution is 2.11. The minimum Gasteiger partial charge on any atom is -0.463 e. The van der Waals surface area contributed by atoms with Gasteiger partial charge in [0.2, 0.25) is 0 Å². The van der Waals surface area contributed by atoms with Gasteiger partial charge in [-0.1, -0.05) is 26.7 Å². The first-order valence-corrected chi connectivity index (χ1v) is 6.83. The van der Waals surface area contributed by atoms with Gasteiger partial charge in [0.25, 0.3) is 0 Å². The molecule has 0 aliphatic carbocycles. The Morgan fingerprint density at radius 2 is 2.06 bits per heavy atom. The van der Waals surface area contributed by atoms with Crippen LogP contribution in [0.4, 0.5) is 0 Å². The predicted octanol–water partition coefficient (Wildman–Crippen LogP) is 0.689. The topological polar surface area (TPSA) is 78.8 Å². The lowest BCUT2D eigenvalue weighted by Crippen LogP contribution is -2.38. The number of nitrogens with one attached hydrogen (secondary N) is 1. The van der Waals surface area contributed by atoms with Crippen LogP contribution in [0.15, 0.2) is 0 Å². The van der Waals surface area contributed by atoms with Crippen molar-refractivity contribution in [1.29, 1.82) is 0 Å². The van der Waals surface area contributed by atoms with Crippen molar-refractivity contribution >= 4 is 5.97 Å². The zero-order chi connectivity index (χ0) is 13.8. The smallest absolute Gasteiger partial charge is 0.312 e. The molecule has 0 saturated heterocycles. The zero-order valence-corrected chi connectivity index (χ0v) is 11.5. The average Bonchev–Trinajstić information content (AvgIpc) is 2.36. The molecule has 0 radical (unpaired) electrons. The van der Waals surface area contributed by atoms with Crippen molar-refractivity contribution in [3.8, 4) is 0 Å². The molecule has 0 aromatic rings. The lowest BCUT2D eigenvalue weighted by molar-refractivity contribution is -0.153. The van der Waals surface area contributed by atoms with Gasteiger partial charge in [0.05, 0.1) is 18.6 Å². The maximum atomic E-state index is 11.7. The standard InChI is InChI=1S/C13H27NO4/c1-3-5-7-14-10-11(12(16)6-4-2)13(17)18-9-8-15/h11-12,14-16H,3-10H2,1-2H3. The summed E-state index contributed by atoms with van der Waals surface area (Å²) < 4.78 is 4.89. The van der Waals surface area contributed by atoms with Gasteiger partial charge < -0.3 is 20.3 Å². The van der Waals surface area contributed by atoms with Crippen LogP contribution in [0.1, 0.15) is 39.5 Å². The molecule has 5 nitrogen and oxygen atoms in total. The zero-order valence-electron chi connectivity index (χ0n) is 11.5. The molecule has 18 heavy (non-hydrogen) atoms. The van der Waals surface area contributed by atoms with Crippen molar-refractivity contribution in [2.45, 2.75) is 45.6 Å². The normalized spacial score (nSPS) is 14.2. The van der Waals surface area contributed by atoms with Crippen LogP contribution in [-0.2, 0) is 9.53 Å². The molecule has 0 aromatic heterocycles. The molecule has 2 unspecified atom stereocenters. The summed E-state index contributed by atoms with van der Waals surface area (Å²) in [7, 11) is 0. The number of esters is 1. The van der Waals surface area contributed by atoms with Crippen LogP contribution in [-0.4, -0.2) is 48.6 Å². The van der Waals surface area contributed by atoms with Crippen molar-refractivity contribution in [1.82, 2.24) is 5.32 Å². The first-order chi connectivity index (χ1) is 8.67. The molecule has 2 atom stereocenters. The molecule has 0 saturated carbocycles. The van der Waals surface area contributed by atoms with Gasteiger partial charge in [-0.15, -0.1) is 0 Å². The van der Waals surface area contributed by atoms with Crippen LogP contribution in [0.25, 0.3) is 0 Å². The number of hydrogen-bond acceptors (Lipinski definition) is 5. The number of hydrogen-bond donors (Lipinski definition) is 3. The molecule has 5 heteroatoms. The summed E-state index contributed by atoms with van der Waals surface area (Å²) in [5, 5.41) is 21.7. The van der Waals surface area contributed by atoms with E-state index in [4.69, 9.17) is 9.84 Å². The fraction of sp³-hybridized carbons (Fsp3) is 0.923. The van der Waals surface area contributed by atoms with Crippen LogP contribution >= 0.6 is 0 Å². The van der Waals surface area contributed by atoms with Gasteiger partial charge in [-0.05, 0) is 19.4 Å². The lowest BCUT2D eigenvalue weighted by atomic mass is 9.98.